The number of hydrogen-bond donors (Lipinski definition) is 1. The molecule has 0 aliphatic rings. The Balaban J connectivity index is 2.06. The SMILES string of the molecule is CCS(=O)(=O)CCCNc1ccc(Br)c2ccccc12. The summed E-state index contributed by atoms with van der Waals surface area (Å²) in [5.74, 6) is 0.458. The van der Waals surface area contributed by atoms with E-state index in [1.54, 1.807) is 6.92 Å². The summed E-state index contributed by atoms with van der Waals surface area (Å²) in [6.45, 7) is 2.34. The van der Waals surface area contributed by atoms with Gasteiger partial charge in [-0.15, -0.1) is 0 Å². The maximum Gasteiger partial charge on any atom is 0.150 e. The van der Waals surface area contributed by atoms with E-state index in [-0.39, 0.29) is 11.5 Å². The quantitative estimate of drug-likeness (QED) is 0.800. The molecule has 0 unspecified atom stereocenters. The highest BCUT2D eigenvalue weighted by atomic mass is 79.9. The molecule has 0 aliphatic carbocycles. The second-order valence-electron chi connectivity index (χ2n) is 4.66. The van der Waals surface area contributed by atoms with Gasteiger partial charge >= 0.3 is 0 Å². The summed E-state index contributed by atoms with van der Waals surface area (Å²) in [5, 5.41) is 5.62. The van der Waals surface area contributed by atoms with Crippen molar-refractivity contribution < 1.29 is 8.42 Å². The maximum atomic E-state index is 11.4. The molecule has 3 nitrogen and oxygen atoms in total. The fourth-order valence-corrected chi connectivity index (χ4v) is 3.43. The molecule has 5 heteroatoms. The number of benzene rings is 2. The third kappa shape index (κ3) is 3.73. The van der Waals surface area contributed by atoms with E-state index in [1.165, 1.54) is 0 Å². The van der Waals surface area contributed by atoms with Gasteiger partial charge in [-0.25, -0.2) is 8.42 Å². The van der Waals surface area contributed by atoms with Crippen molar-refractivity contribution in [1.82, 2.24) is 0 Å². The van der Waals surface area contributed by atoms with E-state index in [0.29, 0.717) is 13.0 Å². The van der Waals surface area contributed by atoms with Crippen molar-refractivity contribution >= 4 is 42.2 Å². The van der Waals surface area contributed by atoms with Crippen LogP contribution in [0.15, 0.2) is 40.9 Å². The molecular weight excluding hydrogens is 338 g/mol. The molecule has 1 N–H and O–H groups in total. The van der Waals surface area contributed by atoms with Crippen molar-refractivity contribution in [3.8, 4) is 0 Å². The molecule has 0 amide bonds. The van der Waals surface area contributed by atoms with E-state index in [9.17, 15) is 8.42 Å². The van der Waals surface area contributed by atoms with E-state index < -0.39 is 9.84 Å². The van der Waals surface area contributed by atoms with E-state index in [0.717, 1.165) is 20.9 Å². The molecule has 2 rings (SSSR count). The Bertz CT molecular complexity index is 698. The van der Waals surface area contributed by atoms with Crippen molar-refractivity contribution in [2.24, 2.45) is 0 Å². The van der Waals surface area contributed by atoms with Crippen molar-refractivity contribution in [2.45, 2.75) is 13.3 Å². The van der Waals surface area contributed by atoms with Gasteiger partial charge in [-0.05, 0) is 23.9 Å². The molecule has 108 valence electrons. The van der Waals surface area contributed by atoms with Crippen LogP contribution in [-0.4, -0.2) is 26.5 Å². The van der Waals surface area contributed by atoms with Crippen LogP contribution in [0.5, 0.6) is 0 Å². The minimum Gasteiger partial charge on any atom is -0.385 e. The van der Waals surface area contributed by atoms with Crippen LogP contribution in [0, 0.1) is 0 Å². The Hall–Kier alpha value is -1.07. The minimum atomic E-state index is -2.87. The van der Waals surface area contributed by atoms with Gasteiger partial charge in [0.25, 0.3) is 0 Å². The zero-order valence-electron chi connectivity index (χ0n) is 11.4. The van der Waals surface area contributed by atoms with Gasteiger partial charge in [-0.2, -0.15) is 0 Å². The molecule has 0 atom stereocenters. The standard InChI is InChI=1S/C15H18BrNO2S/c1-2-20(18,19)11-5-10-17-15-9-8-14(16)12-6-3-4-7-13(12)15/h3-4,6-9,17H,2,5,10-11H2,1H3. The first-order chi connectivity index (χ1) is 9.53. The number of rotatable bonds is 6. The lowest BCUT2D eigenvalue weighted by atomic mass is 10.1. The third-order valence-electron chi connectivity index (χ3n) is 3.26. The van der Waals surface area contributed by atoms with Crippen LogP contribution in [0.4, 0.5) is 5.69 Å². The molecule has 0 bridgehead atoms. The predicted octanol–water partition coefficient (Wildman–Crippen LogP) is 3.84. The molecule has 0 heterocycles. The second kappa shape index (κ2) is 6.59. The van der Waals surface area contributed by atoms with Gasteiger partial charge in [-0.3, -0.25) is 0 Å². The lowest BCUT2D eigenvalue weighted by Gasteiger charge is -2.11. The lowest BCUT2D eigenvalue weighted by molar-refractivity contribution is 0.595. The Morgan fingerprint density at radius 1 is 1.10 bits per heavy atom. The molecule has 0 radical (unpaired) electrons. The van der Waals surface area contributed by atoms with Gasteiger partial charge in [0, 0.05) is 27.8 Å². The number of anilines is 1. The average molecular weight is 356 g/mol. The summed E-state index contributed by atoms with van der Waals surface area (Å²) in [4.78, 5) is 0. The monoisotopic (exact) mass is 355 g/mol. The summed E-state index contributed by atoms with van der Waals surface area (Å²) in [7, 11) is -2.87. The van der Waals surface area contributed by atoms with Crippen LogP contribution in [0.25, 0.3) is 10.8 Å². The fraction of sp³-hybridized carbons (Fsp3) is 0.333. The highest BCUT2D eigenvalue weighted by Gasteiger charge is 2.07. The first-order valence-electron chi connectivity index (χ1n) is 6.65. The average Bonchev–Trinajstić information content (AvgIpc) is 2.46. The summed E-state index contributed by atoms with van der Waals surface area (Å²) in [5.41, 5.74) is 1.04. The van der Waals surface area contributed by atoms with Gasteiger partial charge in [0.15, 0.2) is 0 Å². The van der Waals surface area contributed by atoms with Crippen LogP contribution in [0.1, 0.15) is 13.3 Å². The third-order valence-corrected chi connectivity index (χ3v) is 5.74. The Morgan fingerprint density at radius 3 is 2.50 bits per heavy atom. The van der Waals surface area contributed by atoms with Crippen molar-refractivity contribution in [3.63, 3.8) is 0 Å². The molecule has 2 aromatic carbocycles. The summed E-state index contributed by atoms with van der Waals surface area (Å²) < 4.78 is 23.9. The Kier molecular flexibility index (Phi) is 5.05. The lowest BCUT2D eigenvalue weighted by Crippen LogP contribution is -2.13. The van der Waals surface area contributed by atoms with Crippen LogP contribution in [-0.2, 0) is 9.84 Å². The molecule has 0 aliphatic heterocycles. The molecule has 20 heavy (non-hydrogen) atoms. The van der Waals surface area contributed by atoms with Gasteiger partial charge in [0.1, 0.15) is 9.84 Å². The van der Waals surface area contributed by atoms with Crippen molar-refractivity contribution in [1.29, 1.82) is 0 Å². The number of sulfone groups is 1. The number of halogens is 1. The second-order valence-corrected chi connectivity index (χ2v) is 7.98. The van der Waals surface area contributed by atoms with Crippen LogP contribution in [0.3, 0.4) is 0 Å². The maximum absolute atomic E-state index is 11.4. The van der Waals surface area contributed by atoms with Gasteiger partial charge in [0.05, 0.1) is 5.75 Å². The number of fused-ring (bicyclic) bond motifs is 1. The highest BCUT2D eigenvalue weighted by molar-refractivity contribution is 9.10. The predicted molar refractivity (Wildman–Crippen MR) is 89.1 cm³/mol. The topological polar surface area (TPSA) is 46.2 Å². The van der Waals surface area contributed by atoms with Gasteiger partial charge < -0.3 is 5.32 Å². The van der Waals surface area contributed by atoms with Gasteiger partial charge in [0.2, 0.25) is 0 Å². The van der Waals surface area contributed by atoms with Gasteiger partial charge in [-0.1, -0.05) is 47.1 Å². The van der Waals surface area contributed by atoms with Crippen molar-refractivity contribution in [2.75, 3.05) is 23.4 Å². The molecule has 0 spiro atoms. The molecule has 0 fully saturated rings. The van der Waals surface area contributed by atoms with E-state index in [1.807, 2.05) is 24.3 Å². The minimum absolute atomic E-state index is 0.216. The molecule has 0 saturated heterocycles. The largest absolute Gasteiger partial charge is 0.385 e. The van der Waals surface area contributed by atoms with Crippen LogP contribution in [0.2, 0.25) is 0 Å². The molecule has 2 aromatic rings. The highest BCUT2D eigenvalue weighted by Crippen LogP contribution is 2.29. The molecule has 0 saturated carbocycles. The summed E-state index contributed by atoms with van der Waals surface area (Å²) in [6, 6.07) is 12.2. The molecule has 0 aromatic heterocycles. The smallest absolute Gasteiger partial charge is 0.150 e. The van der Waals surface area contributed by atoms with E-state index in [2.05, 4.69) is 33.4 Å². The summed E-state index contributed by atoms with van der Waals surface area (Å²) >= 11 is 3.54. The van der Waals surface area contributed by atoms with E-state index in [4.69, 9.17) is 0 Å². The van der Waals surface area contributed by atoms with Crippen molar-refractivity contribution in [3.05, 3.63) is 40.9 Å². The number of nitrogens with one attached hydrogen (secondary N) is 1. The first-order valence-corrected chi connectivity index (χ1v) is 9.26. The van der Waals surface area contributed by atoms with E-state index >= 15 is 0 Å². The Labute approximate surface area is 128 Å². The Morgan fingerprint density at radius 2 is 1.80 bits per heavy atom. The number of hydrogen-bond acceptors (Lipinski definition) is 3. The zero-order valence-corrected chi connectivity index (χ0v) is 13.8. The zero-order chi connectivity index (χ0) is 14.6. The normalized spacial score (nSPS) is 11.7. The summed E-state index contributed by atoms with van der Waals surface area (Å²) in [6.07, 6.45) is 0.626. The fourth-order valence-electron chi connectivity index (χ4n) is 2.08. The first kappa shape index (κ1) is 15.3. The van der Waals surface area contributed by atoms with Crippen LogP contribution >= 0.6 is 15.9 Å². The van der Waals surface area contributed by atoms with Crippen LogP contribution < -0.4 is 5.32 Å². The molecular formula is C15H18BrNO2S.